The Bertz CT molecular complexity index is 505. The van der Waals surface area contributed by atoms with Crippen LogP contribution in [0.15, 0.2) is 30.3 Å². The second kappa shape index (κ2) is 7.91. The Balaban J connectivity index is 1.90. The van der Waals surface area contributed by atoms with Gasteiger partial charge in [0.05, 0.1) is 24.6 Å². The lowest BCUT2D eigenvalue weighted by Gasteiger charge is -2.21. The highest BCUT2D eigenvalue weighted by atomic mass is 16.7. The zero-order valence-electron chi connectivity index (χ0n) is 12.8. The number of carbonyl (C=O) groups excluding carboxylic acids is 2. The first-order valence-corrected chi connectivity index (χ1v) is 7.38. The lowest BCUT2D eigenvalue weighted by atomic mass is 10.1. The highest BCUT2D eigenvalue weighted by Crippen LogP contribution is 2.16. The summed E-state index contributed by atoms with van der Waals surface area (Å²) in [5, 5.41) is 2.76. The number of hydrogen-bond acceptors (Lipinski definition) is 5. The van der Waals surface area contributed by atoms with Crippen molar-refractivity contribution in [2.24, 2.45) is 0 Å². The van der Waals surface area contributed by atoms with Crippen molar-refractivity contribution in [3.05, 3.63) is 35.9 Å². The van der Waals surface area contributed by atoms with Gasteiger partial charge in [-0.3, -0.25) is 4.79 Å². The summed E-state index contributed by atoms with van der Waals surface area (Å²) in [6.45, 7) is 4.44. The zero-order chi connectivity index (χ0) is 15.9. The molecule has 1 aliphatic heterocycles. The summed E-state index contributed by atoms with van der Waals surface area (Å²) in [6.07, 6.45) is -0.752. The van der Waals surface area contributed by atoms with E-state index in [1.165, 1.54) is 0 Å². The Morgan fingerprint density at radius 2 is 2.05 bits per heavy atom. The molecule has 1 N–H and O–H groups in total. The maximum Gasteiger partial charge on any atom is 0.338 e. The van der Waals surface area contributed by atoms with Gasteiger partial charge in [-0.15, -0.1) is 0 Å². The van der Waals surface area contributed by atoms with Crippen LogP contribution in [0, 0.1) is 0 Å². The van der Waals surface area contributed by atoms with E-state index in [1.807, 2.05) is 13.0 Å². The van der Waals surface area contributed by atoms with Crippen LogP contribution in [0.25, 0.3) is 0 Å². The summed E-state index contributed by atoms with van der Waals surface area (Å²) in [5.74, 6) is -0.589. The number of nitrogens with one attached hydrogen (secondary N) is 1. The molecule has 0 radical (unpaired) electrons. The normalized spacial score (nSPS) is 22.2. The summed E-state index contributed by atoms with van der Waals surface area (Å²) in [6, 6.07) is 8.34. The highest BCUT2D eigenvalue weighted by molar-refractivity contribution is 5.90. The predicted octanol–water partition coefficient (Wildman–Crippen LogP) is 1.50. The van der Waals surface area contributed by atoms with Gasteiger partial charge in [-0.1, -0.05) is 18.2 Å². The van der Waals surface area contributed by atoms with Crippen molar-refractivity contribution in [2.45, 2.75) is 38.7 Å². The molecule has 2 rings (SSSR count). The van der Waals surface area contributed by atoms with E-state index in [0.717, 1.165) is 0 Å². The molecule has 1 aliphatic rings. The molecule has 120 valence electrons. The van der Waals surface area contributed by atoms with E-state index in [-0.39, 0.29) is 31.3 Å². The van der Waals surface area contributed by atoms with Crippen molar-refractivity contribution in [2.75, 3.05) is 13.2 Å². The van der Waals surface area contributed by atoms with Gasteiger partial charge in [-0.2, -0.15) is 0 Å². The topological polar surface area (TPSA) is 73.9 Å². The van der Waals surface area contributed by atoms with Crippen LogP contribution < -0.4 is 5.32 Å². The molecule has 0 aliphatic carbocycles. The van der Waals surface area contributed by atoms with Crippen LogP contribution in [0.2, 0.25) is 0 Å². The molecule has 1 unspecified atom stereocenters. The number of rotatable bonds is 7. The molecule has 1 fully saturated rings. The van der Waals surface area contributed by atoms with Gasteiger partial charge in [-0.25, -0.2) is 4.79 Å². The molecule has 6 heteroatoms. The average Bonchev–Trinajstić information content (AvgIpc) is 2.86. The number of ether oxygens (including phenoxy) is 3. The smallest absolute Gasteiger partial charge is 0.338 e. The van der Waals surface area contributed by atoms with E-state index in [0.29, 0.717) is 12.2 Å². The summed E-state index contributed by atoms with van der Waals surface area (Å²) in [5.41, 5.74) is 0.462. The number of hydrogen-bond donors (Lipinski definition) is 1. The van der Waals surface area contributed by atoms with E-state index in [9.17, 15) is 9.59 Å². The van der Waals surface area contributed by atoms with Crippen molar-refractivity contribution in [1.29, 1.82) is 0 Å². The predicted molar refractivity (Wildman–Crippen MR) is 79.2 cm³/mol. The van der Waals surface area contributed by atoms with E-state index in [2.05, 4.69) is 5.32 Å². The van der Waals surface area contributed by atoms with Gasteiger partial charge in [0.25, 0.3) is 0 Å². The van der Waals surface area contributed by atoms with Crippen LogP contribution in [0.3, 0.4) is 0 Å². The third kappa shape index (κ3) is 4.54. The van der Waals surface area contributed by atoms with Crippen molar-refractivity contribution < 1.29 is 23.8 Å². The molecule has 0 spiro atoms. The van der Waals surface area contributed by atoms with Crippen molar-refractivity contribution >= 4 is 11.9 Å². The number of benzene rings is 1. The van der Waals surface area contributed by atoms with E-state index >= 15 is 0 Å². The van der Waals surface area contributed by atoms with Gasteiger partial charge >= 0.3 is 5.97 Å². The summed E-state index contributed by atoms with van der Waals surface area (Å²) >= 11 is 0. The fraction of sp³-hybridized carbons (Fsp3) is 0.500. The molecule has 22 heavy (non-hydrogen) atoms. The van der Waals surface area contributed by atoms with E-state index in [1.54, 1.807) is 31.2 Å². The fourth-order valence-corrected chi connectivity index (χ4v) is 2.26. The minimum Gasteiger partial charge on any atom is -0.456 e. The molecule has 0 bridgehead atoms. The second-order valence-corrected chi connectivity index (χ2v) is 5.04. The summed E-state index contributed by atoms with van der Waals surface area (Å²) in [7, 11) is 0. The van der Waals surface area contributed by atoms with Gasteiger partial charge in [0.1, 0.15) is 6.10 Å². The third-order valence-electron chi connectivity index (χ3n) is 3.36. The molecule has 1 aromatic rings. The molecule has 1 aromatic carbocycles. The monoisotopic (exact) mass is 307 g/mol. The number of carbonyl (C=O) groups is 2. The van der Waals surface area contributed by atoms with Crippen LogP contribution in [-0.4, -0.2) is 43.5 Å². The van der Waals surface area contributed by atoms with Crippen molar-refractivity contribution in [3.63, 3.8) is 0 Å². The first-order chi connectivity index (χ1) is 10.6. The van der Waals surface area contributed by atoms with Crippen molar-refractivity contribution in [3.8, 4) is 0 Å². The second-order valence-electron chi connectivity index (χ2n) is 5.04. The zero-order valence-corrected chi connectivity index (χ0v) is 12.8. The molecule has 1 saturated heterocycles. The SMILES string of the molecule is CCOC(C)OC[C@H]1NC(=O)C[C@@H]1OC(=O)c1ccccc1. The maximum absolute atomic E-state index is 12.1. The lowest BCUT2D eigenvalue weighted by molar-refractivity contribution is -0.135. The molecule has 6 nitrogen and oxygen atoms in total. The molecule has 3 atom stereocenters. The quantitative estimate of drug-likeness (QED) is 0.610. The van der Waals surface area contributed by atoms with Gasteiger partial charge < -0.3 is 19.5 Å². The van der Waals surface area contributed by atoms with Gasteiger partial charge in [-0.05, 0) is 26.0 Å². The first kappa shape index (κ1) is 16.5. The van der Waals surface area contributed by atoms with Crippen LogP contribution in [0.5, 0.6) is 0 Å². The lowest BCUT2D eigenvalue weighted by Crippen LogP contribution is -2.39. The Kier molecular flexibility index (Phi) is 5.91. The largest absolute Gasteiger partial charge is 0.456 e. The minimum atomic E-state index is -0.533. The fourth-order valence-electron chi connectivity index (χ4n) is 2.26. The van der Waals surface area contributed by atoms with Crippen LogP contribution in [0.4, 0.5) is 0 Å². The van der Waals surface area contributed by atoms with Crippen LogP contribution >= 0.6 is 0 Å². The average molecular weight is 307 g/mol. The van der Waals surface area contributed by atoms with Crippen molar-refractivity contribution in [1.82, 2.24) is 5.32 Å². The molecule has 0 saturated carbocycles. The minimum absolute atomic E-state index is 0.148. The molecule has 1 amide bonds. The summed E-state index contributed by atoms with van der Waals surface area (Å²) < 4.78 is 16.2. The number of amides is 1. The van der Waals surface area contributed by atoms with E-state index in [4.69, 9.17) is 14.2 Å². The molecular weight excluding hydrogens is 286 g/mol. The maximum atomic E-state index is 12.1. The highest BCUT2D eigenvalue weighted by Gasteiger charge is 2.36. The molecule has 0 aromatic heterocycles. The van der Waals surface area contributed by atoms with Crippen LogP contribution in [-0.2, 0) is 19.0 Å². The Labute approximate surface area is 129 Å². The Morgan fingerprint density at radius 3 is 2.73 bits per heavy atom. The Morgan fingerprint density at radius 1 is 1.32 bits per heavy atom. The third-order valence-corrected chi connectivity index (χ3v) is 3.36. The van der Waals surface area contributed by atoms with Crippen LogP contribution in [0.1, 0.15) is 30.6 Å². The molecular formula is C16H21NO5. The van der Waals surface area contributed by atoms with Gasteiger partial charge in [0, 0.05) is 6.61 Å². The van der Waals surface area contributed by atoms with Gasteiger partial charge in [0.2, 0.25) is 5.91 Å². The van der Waals surface area contributed by atoms with Gasteiger partial charge in [0.15, 0.2) is 6.29 Å². The Hall–Kier alpha value is -1.92. The number of esters is 1. The first-order valence-electron chi connectivity index (χ1n) is 7.38. The molecule has 1 heterocycles. The summed E-state index contributed by atoms with van der Waals surface area (Å²) in [4.78, 5) is 23.6. The standard InChI is InChI=1S/C16H21NO5/c1-3-20-11(2)21-10-13-14(9-15(18)17-13)22-16(19)12-7-5-4-6-8-12/h4-8,11,13-14H,3,9-10H2,1-2H3,(H,17,18)/t11?,13-,14+/m1/s1. The van der Waals surface area contributed by atoms with E-state index < -0.39 is 12.1 Å².